The molecule has 0 heterocycles. The van der Waals surface area contributed by atoms with Crippen LogP contribution in [0.1, 0.15) is 45.4 Å². The third-order valence-corrected chi connectivity index (χ3v) is 2.89. The molecule has 14 heavy (non-hydrogen) atoms. The van der Waals surface area contributed by atoms with Crippen molar-refractivity contribution in [2.75, 3.05) is 0 Å². The van der Waals surface area contributed by atoms with Crippen molar-refractivity contribution in [3.8, 4) is 0 Å². The molecule has 80 valence electrons. The smallest absolute Gasteiger partial charge is 0.302 e. The van der Waals surface area contributed by atoms with Gasteiger partial charge in [0.05, 0.1) is 0 Å². The number of unbranched alkanes of at least 4 members (excludes halogenated alkanes) is 1. The van der Waals surface area contributed by atoms with E-state index in [1.807, 2.05) is 6.08 Å². The monoisotopic (exact) mass is 196 g/mol. The normalized spacial score (nSPS) is 26.1. The van der Waals surface area contributed by atoms with Crippen molar-refractivity contribution in [2.45, 2.75) is 51.6 Å². The molecule has 2 nitrogen and oxygen atoms in total. The molecule has 0 aromatic rings. The molecule has 1 rings (SSSR count). The first-order valence-corrected chi connectivity index (χ1v) is 5.52. The quantitative estimate of drug-likeness (QED) is 0.384. The van der Waals surface area contributed by atoms with Crippen LogP contribution in [-0.2, 0) is 9.53 Å². The molecule has 0 aromatic heterocycles. The topological polar surface area (TPSA) is 26.3 Å². The number of rotatable bonds is 5. The van der Waals surface area contributed by atoms with Gasteiger partial charge in [0.2, 0.25) is 0 Å². The Bertz CT molecular complexity index is 198. The van der Waals surface area contributed by atoms with E-state index in [1.165, 1.54) is 32.6 Å². The van der Waals surface area contributed by atoms with E-state index in [-0.39, 0.29) is 12.1 Å². The van der Waals surface area contributed by atoms with E-state index in [4.69, 9.17) is 4.74 Å². The molecular weight excluding hydrogens is 176 g/mol. The molecule has 0 radical (unpaired) electrons. The molecule has 2 unspecified atom stereocenters. The Morgan fingerprint density at radius 2 is 2.36 bits per heavy atom. The number of carbonyl (C=O) groups excluding carboxylic acids is 1. The molecule has 0 amide bonds. The minimum absolute atomic E-state index is 0.134. The summed E-state index contributed by atoms with van der Waals surface area (Å²) < 4.78 is 5.29. The molecule has 1 saturated carbocycles. The van der Waals surface area contributed by atoms with Crippen molar-refractivity contribution < 1.29 is 9.53 Å². The summed E-state index contributed by atoms with van der Waals surface area (Å²) in [6.07, 6.45) is 9.04. The van der Waals surface area contributed by atoms with Crippen molar-refractivity contribution in [1.82, 2.24) is 0 Å². The zero-order valence-electron chi connectivity index (χ0n) is 9.00. The Morgan fingerprint density at radius 1 is 1.57 bits per heavy atom. The lowest BCUT2D eigenvalue weighted by atomic mass is 9.98. The van der Waals surface area contributed by atoms with Crippen LogP contribution in [0.15, 0.2) is 12.7 Å². The van der Waals surface area contributed by atoms with Gasteiger partial charge in [-0.3, -0.25) is 4.79 Å². The fraction of sp³-hybridized carbons (Fsp3) is 0.750. The van der Waals surface area contributed by atoms with Gasteiger partial charge >= 0.3 is 5.97 Å². The zero-order chi connectivity index (χ0) is 10.4. The van der Waals surface area contributed by atoms with E-state index < -0.39 is 0 Å². The molecule has 0 saturated heterocycles. The number of esters is 1. The Kier molecular flexibility index (Phi) is 4.71. The average Bonchev–Trinajstić information content (AvgIpc) is 2.52. The van der Waals surface area contributed by atoms with Crippen molar-refractivity contribution in [3.63, 3.8) is 0 Å². The van der Waals surface area contributed by atoms with Crippen LogP contribution in [0.25, 0.3) is 0 Å². The summed E-state index contributed by atoms with van der Waals surface area (Å²) >= 11 is 0. The predicted molar refractivity (Wildman–Crippen MR) is 56.9 cm³/mol. The zero-order valence-corrected chi connectivity index (χ0v) is 9.00. The van der Waals surface area contributed by atoms with Crippen molar-refractivity contribution >= 4 is 5.97 Å². The summed E-state index contributed by atoms with van der Waals surface area (Å²) in [6, 6.07) is 0. The fourth-order valence-corrected chi connectivity index (χ4v) is 2.23. The highest BCUT2D eigenvalue weighted by Gasteiger charge is 2.28. The standard InChI is InChI=1S/C12H20O2/c1-3-4-5-7-11-8-6-9-12(11)14-10(2)13/h3,11-12H,1,4-9H2,2H3. The highest BCUT2D eigenvalue weighted by Crippen LogP contribution is 2.32. The molecule has 0 N–H and O–H groups in total. The van der Waals surface area contributed by atoms with Gasteiger partial charge in [0, 0.05) is 6.92 Å². The molecule has 0 bridgehead atoms. The molecule has 2 heteroatoms. The van der Waals surface area contributed by atoms with E-state index in [9.17, 15) is 4.79 Å². The van der Waals surface area contributed by atoms with Crippen LogP contribution < -0.4 is 0 Å². The average molecular weight is 196 g/mol. The minimum atomic E-state index is -0.134. The van der Waals surface area contributed by atoms with Crippen LogP contribution in [-0.4, -0.2) is 12.1 Å². The lowest BCUT2D eigenvalue weighted by Crippen LogP contribution is -2.20. The number of hydrogen-bond acceptors (Lipinski definition) is 2. The largest absolute Gasteiger partial charge is 0.462 e. The van der Waals surface area contributed by atoms with Gasteiger partial charge in [0.1, 0.15) is 6.10 Å². The predicted octanol–water partition coefficient (Wildman–Crippen LogP) is 3.07. The van der Waals surface area contributed by atoms with Gasteiger partial charge < -0.3 is 4.74 Å². The highest BCUT2D eigenvalue weighted by atomic mass is 16.5. The lowest BCUT2D eigenvalue weighted by Gasteiger charge is -2.18. The van der Waals surface area contributed by atoms with Crippen molar-refractivity contribution in [2.24, 2.45) is 5.92 Å². The van der Waals surface area contributed by atoms with E-state index in [1.54, 1.807) is 0 Å². The highest BCUT2D eigenvalue weighted by molar-refractivity contribution is 5.66. The SMILES string of the molecule is C=CCCCC1CCCC1OC(C)=O. The lowest BCUT2D eigenvalue weighted by molar-refractivity contribution is -0.148. The molecule has 0 aliphatic heterocycles. The number of allylic oxidation sites excluding steroid dienone is 1. The molecular formula is C12H20O2. The number of hydrogen-bond donors (Lipinski definition) is 0. The van der Waals surface area contributed by atoms with Crippen LogP contribution in [0.4, 0.5) is 0 Å². The first-order valence-electron chi connectivity index (χ1n) is 5.52. The van der Waals surface area contributed by atoms with Gasteiger partial charge in [-0.05, 0) is 44.4 Å². The molecule has 1 fully saturated rings. The molecule has 2 atom stereocenters. The van der Waals surface area contributed by atoms with E-state index in [0.29, 0.717) is 5.92 Å². The first kappa shape index (κ1) is 11.3. The summed E-state index contributed by atoms with van der Waals surface area (Å²) in [6.45, 7) is 5.21. The van der Waals surface area contributed by atoms with Crippen LogP contribution in [0.2, 0.25) is 0 Å². The van der Waals surface area contributed by atoms with E-state index >= 15 is 0 Å². The second kappa shape index (κ2) is 5.84. The van der Waals surface area contributed by atoms with Gasteiger partial charge in [-0.15, -0.1) is 6.58 Å². The summed E-state index contributed by atoms with van der Waals surface area (Å²) in [5, 5.41) is 0. The van der Waals surface area contributed by atoms with Gasteiger partial charge in [0.15, 0.2) is 0 Å². The molecule has 0 aromatic carbocycles. The maximum atomic E-state index is 10.8. The second-order valence-corrected chi connectivity index (χ2v) is 4.06. The summed E-state index contributed by atoms with van der Waals surface area (Å²) in [5.41, 5.74) is 0. The van der Waals surface area contributed by atoms with E-state index in [2.05, 4.69) is 6.58 Å². The Hall–Kier alpha value is -0.790. The minimum Gasteiger partial charge on any atom is -0.462 e. The maximum Gasteiger partial charge on any atom is 0.302 e. The summed E-state index contributed by atoms with van der Waals surface area (Å²) in [5.74, 6) is 0.462. The fourth-order valence-electron chi connectivity index (χ4n) is 2.23. The maximum absolute atomic E-state index is 10.8. The summed E-state index contributed by atoms with van der Waals surface area (Å²) in [7, 11) is 0. The van der Waals surface area contributed by atoms with E-state index in [0.717, 1.165) is 12.8 Å². The third-order valence-electron chi connectivity index (χ3n) is 2.89. The first-order chi connectivity index (χ1) is 6.74. The van der Waals surface area contributed by atoms with Gasteiger partial charge in [-0.2, -0.15) is 0 Å². The van der Waals surface area contributed by atoms with Crippen molar-refractivity contribution in [3.05, 3.63) is 12.7 Å². The van der Waals surface area contributed by atoms with Crippen LogP contribution in [0.3, 0.4) is 0 Å². The Labute approximate surface area is 86.3 Å². The number of carbonyl (C=O) groups is 1. The van der Waals surface area contributed by atoms with Gasteiger partial charge in [-0.25, -0.2) is 0 Å². The Morgan fingerprint density at radius 3 is 3.00 bits per heavy atom. The van der Waals surface area contributed by atoms with Gasteiger partial charge in [0.25, 0.3) is 0 Å². The Balaban J connectivity index is 2.27. The van der Waals surface area contributed by atoms with Crippen LogP contribution in [0.5, 0.6) is 0 Å². The summed E-state index contributed by atoms with van der Waals surface area (Å²) in [4.78, 5) is 10.8. The van der Waals surface area contributed by atoms with Crippen molar-refractivity contribution in [1.29, 1.82) is 0 Å². The molecule has 1 aliphatic rings. The molecule has 0 spiro atoms. The van der Waals surface area contributed by atoms with Gasteiger partial charge in [-0.1, -0.05) is 6.08 Å². The third kappa shape index (κ3) is 3.52. The van der Waals surface area contributed by atoms with Crippen LogP contribution >= 0.6 is 0 Å². The number of ether oxygens (including phenoxy) is 1. The second-order valence-electron chi connectivity index (χ2n) is 4.06. The molecule has 1 aliphatic carbocycles. The van der Waals surface area contributed by atoms with Crippen LogP contribution in [0, 0.1) is 5.92 Å².